The van der Waals surface area contributed by atoms with Crippen molar-refractivity contribution in [2.75, 3.05) is 13.7 Å². The van der Waals surface area contributed by atoms with Crippen LogP contribution in [-0.4, -0.2) is 42.3 Å². The summed E-state index contributed by atoms with van der Waals surface area (Å²) in [5.74, 6) is 0.569. The highest BCUT2D eigenvalue weighted by molar-refractivity contribution is 5.70. The Balaban J connectivity index is 2.29. The fraction of sp³-hybridized carbons (Fsp3) is 0.909. The molecule has 0 aromatic carbocycles. The Bertz CT molecular complexity index is 278. The van der Waals surface area contributed by atoms with E-state index in [0.29, 0.717) is 12.0 Å². The van der Waals surface area contributed by atoms with Crippen LogP contribution in [0.3, 0.4) is 0 Å². The third-order valence-corrected chi connectivity index (χ3v) is 4.05. The van der Waals surface area contributed by atoms with E-state index in [9.17, 15) is 4.79 Å². The van der Waals surface area contributed by atoms with Gasteiger partial charge in [0.1, 0.15) is 0 Å². The van der Waals surface area contributed by atoms with Crippen LogP contribution in [0.15, 0.2) is 0 Å². The minimum absolute atomic E-state index is 0.145. The van der Waals surface area contributed by atoms with Crippen molar-refractivity contribution in [1.82, 2.24) is 10.2 Å². The summed E-state index contributed by atoms with van der Waals surface area (Å²) in [6.07, 6.45) is 0.951. The molecule has 86 valence electrons. The Labute approximate surface area is 91.0 Å². The largest absolute Gasteiger partial charge is 0.453 e. The van der Waals surface area contributed by atoms with Crippen LogP contribution in [0.2, 0.25) is 0 Å². The maximum atomic E-state index is 11.7. The van der Waals surface area contributed by atoms with Crippen LogP contribution >= 0.6 is 0 Å². The molecule has 4 nitrogen and oxygen atoms in total. The first-order valence-electron chi connectivity index (χ1n) is 5.61. The van der Waals surface area contributed by atoms with Crippen molar-refractivity contribution in [2.45, 2.75) is 44.8 Å². The summed E-state index contributed by atoms with van der Waals surface area (Å²) < 4.78 is 4.86. The van der Waals surface area contributed by atoms with E-state index in [1.54, 1.807) is 0 Å². The van der Waals surface area contributed by atoms with Gasteiger partial charge in [-0.3, -0.25) is 4.90 Å². The smallest absolute Gasteiger partial charge is 0.410 e. The molecule has 2 saturated heterocycles. The lowest BCUT2D eigenvalue weighted by Crippen LogP contribution is -2.53. The van der Waals surface area contributed by atoms with Crippen molar-refractivity contribution in [1.29, 1.82) is 0 Å². The van der Waals surface area contributed by atoms with Gasteiger partial charge in [0.15, 0.2) is 0 Å². The molecule has 0 saturated carbocycles. The maximum Gasteiger partial charge on any atom is 0.410 e. The Morgan fingerprint density at radius 3 is 2.73 bits per heavy atom. The van der Waals surface area contributed by atoms with Crippen molar-refractivity contribution >= 4 is 6.09 Å². The lowest BCUT2D eigenvalue weighted by molar-refractivity contribution is 0.0750. The monoisotopic (exact) mass is 212 g/mol. The second kappa shape index (κ2) is 3.37. The minimum Gasteiger partial charge on any atom is -0.453 e. The van der Waals surface area contributed by atoms with E-state index in [0.717, 1.165) is 13.0 Å². The van der Waals surface area contributed by atoms with Gasteiger partial charge in [-0.1, -0.05) is 0 Å². The van der Waals surface area contributed by atoms with E-state index < -0.39 is 0 Å². The topological polar surface area (TPSA) is 41.6 Å². The number of nitrogens with zero attached hydrogens (tertiary/aromatic N) is 1. The molecule has 2 rings (SSSR count). The molecule has 3 unspecified atom stereocenters. The predicted octanol–water partition coefficient (Wildman–Crippen LogP) is 1.21. The van der Waals surface area contributed by atoms with Crippen LogP contribution in [0.4, 0.5) is 4.79 Å². The third kappa shape index (κ3) is 1.34. The molecule has 1 N–H and O–H groups in total. The first-order chi connectivity index (χ1) is 7.00. The van der Waals surface area contributed by atoms with Gasteiger partial charge in [-0.2, -0.15) is 0 Å². The molecule has 0 aromatic heterocycles. The summed E-state index contributed by atoms with van der Waals surface area (Å²) in [7, 11) is 1.45. The third-order valence-electron chi connectivity index (χ3n) is 4.05. The average molecular weight is 212 g/mol. The SMILES string of the molecule is COC(=O)N1C(C)C2CCNC2C1(C)C. The summed E-state index contributed by atoms with van der Waals surface area (Å²) in [4.78, 5) is 13.6. The number of ether oxygens (including phenoxy) is 1. The fourth-order valence-corrected chi connectivity index (χ4v) is 3.38. The summed E-state index contributed by atoms with van der Waals surface area (Å²) in [6, 6.07) is 0.680. The van der Waals surface area contributed by atoms with Crippen molar-refractivity contribution in [3.05, 3.63) is 0 Å². The van der Waals surface area contributed by atoms with Gasteiger partial charge in [-0.05, 0) is 39.7 Å². The van der Waals surface area contributed by atoms with Gasteiger partial charge in [0.25, 0.3) is 0 Å². The highest BCUT2D eigenvalue weighted by Gasteiger charge is 2.55. The number of hydrogen-bond acceptors (Lipinski definition) is 3. The molecule has 15 heavy (non-hydrogen) atoms. The zero-order chi connectivity index (χ0) is 11.2. The molecule has 0 bridgehead atoms. The zero-order valence-corrected chi connectivity index (χ0v) is 9.91. The summed E-state index contributed by atoms with van der Waals surface area (Å²) in [6.45, 7) is 7.42. The van der Waals surface area contributed by atoms with Gasteiger partial charge in [-0.15, -0.1) is 0 Å². The maximum absolute atomic E-state index is 11.7. The van der Waals surface area contributed by atoms with Crippen LogP contribution in [0.5, 0.6) is 0 Å². The van der Waals surface area contributed by atoms with Gasteiger partial charge >= 0.3 is 6.09 Å². The quantitative estimate of drug-likeness (QED) is 0.656. The number of rotatable bonds is 0. The first-order valence-corrected chi connectivity index (χ1v) is 5.61. The number of amides is 1. The van der Waals surface area contributed by atoms with Crippen molar-refractivity contribution in [3.8, 4) is 0 Å². The molecule has 4 heteroatoms. The molecule has 2 aliphatic rings. The Hall–Kier alpha value is -0.770. The molecule has 0 radical (unpaired) electrons. The van der Waals surface area contributed by atoms with Gasteiger partial charge < -0.3 is 10.1 Å². The van der Waals surface area contributed by atoms with Gasteiger partial charge in [0.2, 0.25) is 0 Å². The molecule has 2 aliphatic heterocycles. The van der Waals surface area contributed by atoms with Gasteiger partial charge in [0.05, 0.1) is 12.6 Å². The summed E-state index contributed by atoms with van der Waals surface area (Å²) in [5.41, 5.74) is -0.145. The predicted molar refractivity (Wildman–Crippen MR) is 57.7 cm³/mol. The average Bonchev–Trinajstić information content (AvgIpc) is 2.71. The van der Waals surface area contributed by atoms with E-state index in [1.165, 1.54) is 7.11 Å². The Morgan fingerprint density at radius 1 is 1.53 bits per heavy atom. The van der Waals surface area contributed by atoms with Crippen molar-refractivity contribution in [2.24, 2.45) is 5.92 Å². The van der Waals surface area contributed by atoms with Crippen LogP contribution in [0.25, 0.3) is 0 Å². The van der Waals surface area contributed by atoms with Gasteiger partial charge in [0, 0.05) is 12.1 Å². The van der Waals surface area contributed by atoms with E-state index >= 15 is 0 Å². The van der Waals surface area contributed by atoms with Crippen LogP contribution < -0.4 is 5.32 Å². The second-order valence-corrected chi connectivity index (χ2v) is 5.12. The second-order valence-electron chi connectivity index (χ2n) is 5.12. The lowest BCUT2D eigenvalue weighted by atomic mass is 9.89. The van der Waals surface area contributed by atoms with E-state index in [-0.39, 0.29) is 17.7 Å². The van der Waals surface area contributed by atoms with E-state index in [2.05, 4.69) is 26.1 Å². The number of nitrogens with one attached hydrogen (secondary N) is 1. The highest BCUT2D eigenvalue weighted by atomic mass is 16.5. The number of hydrogen-bond donors (Lipinski definition) is 1. The summed E-state index contributed by atoms with van der Waals surface area (Å²) in [5, 5.41) is 3.50. The Morgan fingerprint density at radius 2 is 2.20 bits per heavy atom. The molecule has 0 aromatic rings. The molecule has 2 fully saturated rings. The van der Waals surface area contributed by atoms with Crippen molar-refractivity contribution in [3.63, 3.8) is 0 Å². The molecule has 3 atom stereocenters. The molecular weight excluding hydrogens is 192 g/mol. The van der Waals surface area contributed by atoms with Gasteiger partial charge in [-0.25, -0.2) is 4.79 Å². The first kappa shape index (κ1) is 10.7. The normalized spacial score (nSPS) is 37.9. The number of fused-ring (bicyclic) bond motifs is 1. The van der Waals surface area contributed by atoms with E-state index in [4.69, 9.17) is 4.74 Å². The van der Waals surface area contributed by atoms with Crippen LogP contribution in [0, 0.1) is 5.92 Å². The number of carbonyl (C=O) groups is 1. The number of methoxy groups -OCH3 is 1. The molecular formula is C11H20N2O2. The van der Waals surface area contributed by atoms with E-state index in [1.807, 2.05) is 4.90 Å². The molecule has 2 heterocycles. The lowest BCUT2D eigenvalue weighted by Gasteiger charge is -2.36. The number of likely N-dealkylation sites (tertiary alicyclic amines) is 1. The zero-order valence-electron chi connectivity index (χ0n) is 9.91. The minimum atomic E-state index is -0.205. The molecule has 0 aliphatic carbocycles. The number of carbonyl (C=O) groups excluding carboxylic acids is 1. The van der Waals surface area contributed by atoms with Crippen LogP contribution in [-0.2, 0) is 4.74 Å². The highest BCUT2D eigenvalue weighted by Crippen LogP contribution is 2.42. The molecule has 1 amide bonds. The van der Waals surface area contributed by atoms with Crippen molar-refractivity contribution < 1.29 is 9.53 Å². The molecule has 0 spiro atoms. The van der Waals surface area contributed by atoms with Crippen LogP contribution in [0.1, 0.15) is 27.2 Å². The fourth-order valence-electron chi connectivity index (χ4n) is 3.38. The standard InChI is InChI=1S/C11H20N2O2/c1-7-8-5-6-12-9(8)11(2,3)13(7)10(14)15-4/h7-9,12H,5-6H2,1-4H3. The summed E-state index contributed by atoms with van der Waals surface area (Å²) >= 11 is 0. The Kier molecular flexibility index (Phi) is 2.41.